The first-order valence-corrected chi connectivity index (χ1v) is 8.13. The Kier molecular flexibility index (Phi) is 2.97. The maximum atomic E-state index is 11.5. The molecule has 1 aliphatic rings. The molecule has 1 N–H and O–H groups in total. The minimum absolute atomic E-state index is 0.208. The van der Waals surface area contributed by atoms with Crippen LogP contribution in [0.2, 0.25) is 0 Å². The van der Waals surface area contributed by atoms with Gasteiger partial charge in [0.15, 0.2) is 15.9 Å². The van der Waals surface area contributed by atoms with E-state index in [0.717, 1.165) is 11.5 Å². The van der Waals surface area contributed by atoms with Crippen molar-refractivity contribution in [2.75, 3.05) is 18.1 Å². The summed E-state index contributed by atoms with van der Waals surface area (Å²) in [6, 6.07) is 8.58. The van der Waals surface area contributed by atoms with Crippen molar-refractivity contribution in [1.29, 1.82) is 0 Å². The molecule has 20 heavy (non-hydrogen) atoms. The second-order valence-corrected chi connectivity index (χ2v) is 6.88. The molecule has 0 saturated carbocycles. The van der Waals surface area contributed by atoms with E-state index in [9.17, 15) is 8.42 Å². The third-order valence-electron chi connectivity index (χ3n) is 3.20. The van der Waals surface area contributed by atoms with Crippen LogP contribution in [0, 0.1) is 6.92 Å². The largest absolute Gasteiger partial charge is 0.478 e. The van der Waals surface area contributed by atoms with E-state index in [1.54, 1.807) is 18.2 Å². The SMILES string of the molecule is Cc1ccc(C2CNc3cc(S(C)(=O)=O)ccc3O2)o1. The molecule has 0 fully saturated rings. The summed E-state index contributed by atoms with van der Waals surface area (Å²) >= 11 is 0. The summed E-state index contributed by atoms with van der Waals surface area (Å²) in [5.74, 6) is 2.22. The first kappa shape index (κ1) is 13.1. The van der Waals surface area contributed by atoms with Crippen LogP contribution in [-0.2, 0) is 9.84 Å². The van der Waals surface area contributed by atoms with Crippen LogP contribution < -0.4 is 10.1 Å². The van der Waals surface area contributed by atoms with Crippen molar-refractivity contribution in [3.63, 3.8) is 0 Å². The van der Waals surface area contributed by atoms with E-state index >= 15 is 0 Å². The van der Waals surface area contributed by atoms with Gasteiger partial charge in [0.2, 0.25) is 0 Å². The topological polar surface area (TPSA) is 68.5 Å². The number of hydrogen-bond acceptors (Lipinski definition) is 5. The number of aryl methyl sites for hydroxylation is 1. The third kappa shape index (κ3) is 2.38. The van der Waals surface area contributed by atoms with Crippen molar-refractivity contribution >= 4 is 15.5 Å². The predicted molar refractivity (Wildman–Crippen MR) is 74.9 cm³/mol. The molecule has 1 aliphatic heterocycles. The van der Waals surface area contributed by atoms with Crippen LogP contribution in [0.5, 0.6) is 5.75 Å². The smallest absolute Gasteiger partial charge is 0.175 e. The van der Waals surface area contributed by atoms with Gasteiger partial charge in [-0.05, 0) is 37.3 Å². The first-order valence-electron chi connectivity index (χ1n) is 6.24. The average molecular weight is 293 g/mol. The molecule has 3 rings (SSSR count). The average Bonchev–Trinajstić information content (AvgIpc) is 2.83. The first-order chi connectivity index (χ1) is 9.43. The molecule has 0 bridgehead atoms. The molecular weight excluding hydrogens is 278 g/mol. The molecule has 0 amide bonds. The Morgan fingerprint density at radius 1 is 1.25 bits per heavy atom. The van der Waals surface area contributed by atoms with Crippen LogP contribution >= 0.6 is 0 Å². The number of rotatable bonds is 2. The van der Waals surface area contributed by atoms with E-state index in [2.05, 4.69) is 5.32 Å². The Bertz CT molecular complexity index is 748. The summed E-state index contributed by atoms with van der Waals surface area (Å²) in [6.45, 7) is 2.42. The monoisotopic (exact) mass is 293 g/mol. The maximum absolute atomic E-state index is 11.5. The Labute approximate surface area is 117 Å². The lowest BCUT2D eigenvalue weighted by atomic mass is 10.2. The predicted octanol–water partition coefficient (Wildman–Crippen LogP) is 2.54. The molecule has 6 heteroatoms. The normalized spacial score (nSPS) is 18.0. The van der Waals surface area contributed by atoms with Gasteiger partial charge in [0.1, 0.15) is 17.3 Å². The van der Waals surface area contributed by atoms with Crippen LogP contribution in [0.15, 0.2) is 39.6 Å². The quantitative estimate of drug-likeness (QED) is 0.921. The fourth-order valence-electron chi connectivity index (χ4n) is 2.16. The van der Waals surface area contributed by atoms with Crippen molar-refractivity contribution in [2.45, 2.75) is 17.9 Å². The Morgan fingerprint density at radius 3 is 2.70 bits per heavy atom. The van der Waals surface area contributed by atoms with Gasteiger partial charge < -0.3 is 14.5 Å². The summed E-state index contributed by atoms with van der Waals surface area (Å²) < 4.78 is 34.5. The van der Waals surface area contributed by atoms with Crippen molar-refractivity contribution in [3.8, 4) is 5.75 Å². The number of hydrogen-bond donors (Lipinski definition) is 1. The highest BCUT2D eigenvalue weighted by Gasteiger charge is 2.24. The standard InChI is InChI=1S/C14H15NO4S/c1-9-3-5-13(18-9)14-8-15-11-7-10(20(2,16)17)4-6-12(11)19-14/h3-7,14-15H,8H2,1-2H3. The second-order valence-electron chi connectivity index (χ2n) is 4.87. The molecule has 2 aromatic rings. The molecule has 5 nitrogen and oxygen atoms in total. The lowest BCUT2D eigenvalue weighted by molar-refractivity contribution is 0.179. The zero-order valence-electron chi connectivity index (χ0n) is 11.2. The lowest BCUT2D eigenvalue weighted by Gasteiger charge is -2.26. The van der Waals surface area contributed by atoms with Crippen LogP contribution in [0.3, 0.4) is 0 Å². The van der Waals surface area contributed by atoms with Crippen molar-refractivity contribution in [2.24, 2.45) is 0 Å². The van der Waals surface area contributed by atoms with E-state index in [-0.39, 0.29) is 11.0 Å². The number of nitrogens with one attached hydrogen (secondary N) is 1. The van der Waals surface area contributed by atoms with Crippen molar-refractivity contribution in [1.82, 2.24) is 0 Å². The number of furan rings is 1. The van der Waals surface area contributed by atoms with E-state index in [1.165, 1.54) is 6.26 Å². The summed E-state index contributed by atoms with van der Waals surface area (Å²) in [5, 5.41) is 3.18. The van der Waals surface area contributed by atoms with E-state index in [4.69, 9.17) is 9.15 Å². The minimum atomic E-state index is -3.21. The summed E-state index contributed by atoms with van der Waals surface area (Å²) in [4.78, 5) is 0.277. The van der Waals surface area contributed by atoms with Gasteiger partial charge in [-0.25, -0.2) is 8.42 Å². The molecule has 0 aliphatic carbocycles. The molecule has 1 aromatic heterocycles. The number of benzene rings is 1. The molecule has 1 aromatic carbocycles. The second kappa shape index (κ2) is 4.56. The Hall–Kier alpha value is -1.95. The molecular formula is C14H15NO4S. The highest BCUT2D eigenvalue weighted by atomic mass is 32.2. The Balaban J connectivity index is 1.89. The van der Waals surface area contributed by atoms with Gasteiger partial charge in [-0.1, -0.05) is 0 Å². The minimum Gasteiger partial charge on any atom is -0.478 e. The highest BCUT2D eigenvalue weighted by Crippen LogP contribution is 2.36. The maximum Gasteiger partial charge on any atom is 0.175 e. The molecule has 2 heterocycles. The van der Waals surface area contributed by atoms with Crippen LogP contribution in [0.25, 0.3) is 0 Å². The van der Waals surface area contributed by atoms with Crippen molar-refractivity contribution in [3.05, 3.63) is 41.9 Å². The molecule has 0 spiro atoms. The summed E-state index contributed by atoms with van der Waals surface area (Å²) in [5.41, 5.74) is 0.687. The van der Waals surface area contributed by atoms with Crippen LogP contribution in [0.4, 0.5) is 5.69 Å². The molecule has 0 radical (unpaired) electrons. The number of anilines is 1. The van der Waals surface area contributed by atoms with Crippen LogP contribution in [-0.4, -0.2) is 21.2 Å². The summed E-state index contributed by atoms with van der Waals surface area (Å²) in [6.07, 6.45) is 0.979. The van der Waals surface area contributed by atoms with E-state index in [0.29, 0.717) is 18.0 Å². The van der Waals surface area contributed by atoms with Gasteiger partial charge in [-0.15, -0.1) is 0 Å². The van der Waals surface area contributed by atoms with Crippen LogP contribution in [0.1, 0.15) is 17.6 Å². The van der Waals surface area contributed by atoms with Gasteiger partial charge in [0.05, 0.1) is 17.1 Å². The number of ether oxygens (including phenoxy) is 1. The van der Waals surface area contributed by atoms with Gasteiger partial charge in [0, 0.05) is 6.26 Å². The van der Waals surface area contributed by atoms with E-state index in [1.807, 2.05) is 19.1 Å². The molecule has 1 unspecified atom stereocenters. The number of sulfone groups is 1. The van der Waals surface area contributed by atoms with Gasteiger partial charge in [0.25, 0.3) is 0 Å². The highest BCUT2D eigenvalue weighted by molar-refractivity contribution is 7.90. The zero-order chi connectivity index (χ0) is 14.3. The fourth-order valence-corrected chi connectivity index (χ4v) is 2.81. The molecule has 0 saturated heterocycles. The third-order valence-corrected chi connectivity index (χ3v) is 4.32. The zero-order valence-corrected chi connectivity index (χ0v) is 12.0. The molecule has 1 atom stereocenters. The lowest BCUT2D eigenvalue weighted by Crippen LogP contribution is -2.23. The Morgan fingerprint density at radius 2 is 2.05 bits per heavy atom. The molecule has 106 valence electrons. The summed E-state index contributed by atoms with van der Waals surface area (Å²) in [7, 11) is -3.21. The van der Waals surface area contributed by atoms with Crippen molar-refractivity contribution < 1.29 is 17.6 Å². The van der Waals surface area contributed by atoms with E-state index < -0.39 is 9.84 Å². The van der Waals surface area contributed by atoms with Gasteiger partial charge in [-0.2, -0.15) is 0 Å². The fraction of sp³-hybridized carbons (Fsp3) is 0.286. The number of fused-ring (bicyclic) bond motifs is 1. The van der Waals surface area contributed by atoms with Gasteiger partial charge >= 0.3 is 0 Å². The van der Waals surface area contributed by atoms with Gasteiger partial charge in [-0.3, -0.25) is 0 Å².